The van der Waals surface area contributed by atoms with Crippen molar-refractivity contribution in [1.29, 1.82) is 0 Å². The van der Waals surface area contributed by atoms with E-state index in [1.54, 1.807) is 37.3 Å². The Kier molecular flexibility index (Phi) is 6.09. The Morgan fingerprint density at radius 3 is 2.50 bits per heavy atom. The molecule has 1 fully saturated rings. The molecule has 2 aromatic carbocycles. The van der Waals surface area contributed by atoms with E-state index in [2.05, 4.69) is 15.3 Å². The fourth-order valence-electron chi connectivity index (χ4n) is 3.61. The Hall–Kier alpha value is -3.08. The molecule has 2 heterocycles. The van der Waals surface area contributed by atoms with Gasteiger partial charge in [0.25, 0.3) is 5.91 Å². The van der Waals surface area contributed by atoms with Crippen molar-refractivity contribution in [3.05, 3.63) is 71.8 Å². The van der Waals surface area contributed by atoms with E-state index in [9.17, 15) is 17.6 Å². The molecular weight excluding hydrogens is 433 g/mol. The lowest BCUT2D eigenvalue weighted by Crippen LogP contribution is -2.47. The van der Waals surface area contributed by atoms with Gasteiger partial charge < -0.3 is 10.2 Å². The number of rotatable bonds is 5. The molecule has 3 aromatic rings. The molecule has 0 saturated carbocycles. The summed E-state index contributed by atoms with van der Waals surface area (Å²) in [5.74, 6) is -0.910. The number of likely N-dealkylation sites (N-methyl/N-ethyl adjacent to an activating group) is 1. The molecule has 10 heteroatoms. The number of halogens is 1. The summed E-state index contributed by atoms with van der Waals surface area (Å²) >= 11 is 0. The molecule has 8 nitrogen and oxygen atoms in total. The maximum Gasteiger partial charge on any atom is 0.259 e. The normalized spacial score (nSPS) is 15.6. The Balaban J connectivity index is 1.55. The van der Waals surface area contributed by atoms with Crippen molar-refractivity contribution in [2.24, 2.45) is 0 Å². The molecule has 1 amide bonds. The number of carbonyl (C=O) groups is 1. The van der Waals surface area contributed by atoms with Crippen molar-refractivity contribution in [3.63, 3.8) is 0 Å². The van der Waals surface area contributed by atoms with Crippen LogP contribution in [0.1, 0.15) is 16.1 Å². The number of anilines is 1. The first-order chi connectivity index (χ1) is 15.3. The molecule has 1 aromatic heterocycles. The number of para-hydroxylation sites is 1. The van der Waals surface area contributed by atoms with E-state index in [1.165, 1.54) is 33.4 Å². The molecular formula is C22H24FN5O3S. The van der Waals surface area contributed by atoms with Gasteiger partial charge in [-0.25, -0.2) is 17.5 Å². The van der Waals surface area contributed by atoms with Crippen LogP contribution in [0.4, 0.5) is 10.1 Å². The molecule has 1 aliphatic heterocycles. The number of carbonyl (C=O) groups excluding carboxylic acids is 1. The summed E-state index contributed by atoms with van der Waals surface area (Å²) in [6.45, 7) is 3.85. The van der Waals surface area contributed by atoms with Gasteiger partial charge in [0.1, 0.15) is 11.5 Å². The number of piperazine rings is 1. The molecule has 1 saturated heterocycles. The van der Waals surface area contributed by atoms with Gasteiger partial charge in [-0.2, -0.15) is 9.40 Å². The van der Waals surface area contributed by atoms with E-state index in [1.807, 2.05) is 7.05 Å². The van der Waals surface area contributed by atoms with Gasteiger partial charge in [0.15, 0.2) is 0 Å². The largest absolute Gasteiger partial charge is 0.322 e. The third-order valence-corrected chi connectivity index (χ3v) is 7.42. The first kappa shape index (κ1) is 22.1. The van der Waals surface area contributed by atoms with Gasteiger partial charge >= 0.3 is 0 Å². The number of nitrogens with zero attached hydrogens (tertiary/aromatic N) is 4. The van der Waals surface area contributed by atoms with Gasteiger partial charge in [0.2, 0.25) is 10.0 Å². The van der Waals surface area contributed by atoms with Gasteiger partial charge in [-0.1, -0.05) is 18.2 Å². The van der Waals surface area contributed by atoms with Crippen LogP contribution in [0.3, 0.4) is 0 Å². The first-order valence-electron chi connectivity index (χ1n) is 10.2. The number of nitrogens with one attached hydrogen (secondary N) is 1. The first-order valence-corrected chi connectivity index (χ1v) is 11.6. The third kappa shape index (κ3) is 4.29. The standard InChI is InChI=1S/C22H24FN5O3S/c1-16-19(15-24-28(16)21-9-4-3-8-20(21)23)22(29)25-17-6-5-7-18(14-17)32(30,31)27-12-10-26(2)11-13-27/h3-9,14-15H,10-13H2,1-2H3,(H,25,29). The van der Waals surface area contributed by atoms with Gasteiger partial charge in [0, 0.05) is 31.9 Å². The van der Waals surface area contributed by atoms with Crippen LogP contribution in [-0.4, -0.2) is 66.5 Å². The second kappa shape index (κ2) is 8.81. The van der Waals surface area contributed by atoms with Gasteiger partial charge in [-0.3, -0.25) is 4.79 Å². The minimum Gasteiger partial charge on any atom is -0.322 e. The average Bonchev–Trinajstić information content (AvgIpc) is 3.16. The number of amides is 1. The van der Waals surface area contributed by atoms with Gasteiger partial charge in [-0.05, 0) is 44.3 Å². The van der Waals surface area contributed by atoms with Crippen LogP contribution in [0.25, 0.3) is 5.69 Å². The topological polar surface area (TPSA) is 87.5 Å². The maximum absolute atomic E-state index is 14.1. The highest BCUT2D eigenvalue weighted by atomic mass is 32.2. The van der Waals surface area contributed by atoms with Crippen molar-refractivity contribution in [2.75, 3.05) is 38.5 Å². The molecule has 1 aliphatic rings. The van der Waals surface area contributed by atoms with E-state index >= 15 is 0 Å². The highest BCUT2D eigenvalue weighted by molar-refractivity contribution is 7.89. The van der Waals surface area contributed by atoms with E-state index in [0.29, 0.717) is 37.6 Å². The van der Waals surface area contributed by atoms with E-state index in [0.717, 1.165) is 0 Å². The Bertz CT molecular complexity index is 1250. The number of aromatic nitrogens is 2. The zero-order chi connectivity index (χ0) is 22.9. The highest BCUT2D eigenvalue weighted by Gasteiger charge is 2.27. The molecule has 4 rings (SSSR count). The van der Waals surface area contributed by atoms with Gasteiger partial charge in [0.05, 0.1) is 22.3 Å². The SMILES string of the molecule is Cc1c(C(=O)Nc2cccc(S(=O)(=O)N3CCN(C)CC3)c2)cnn1-c1ccccc1F. The molecule has 32 heavy (non-hydrogen) atoms. The average molecular weight is 458 g/mol. The molecule has 0 bridgehead atoms. The fourth-order valence-corrected chi connectivity index (χ4v) is 5.08. The molecule has 0 atom stereocenters. The Morgan fingerprint density at radius 2 is 1.78 bits per heavy atom. The monoisotopic (exact) mass is 457 g/mol. The number of benzene rings is 2. The summed E-state index contributed by atoms with van der Waals surface area (Å²) in [5.41, 5.74) is 1.32. The second-order valence-corrected chi connectivity index (χ2v) is 9.63. The van der Waals surface area contributed by atoms with E-state index in [4.69, 9.17) is 0 Å². The molecule has 0 unspecified atom stereocenters. The van der Waals surface area contributed by atoms with E-state index < -0.39 is 21.7 Å². The summed E-state index contributed by atoms with van der Waals surface area (Å²) in [7, 11) is -1.70. The van der Waals surface area contributed by atoms with Crippen molar-refractivity contribution >= 4 is 21.6 Å². The lowest BCUT2D eigenvalue weighted by Gasteiger charge is -2.31. The molecule has 0 radical (unpaired) electrons. The van der Waals surface area contributed by atoms with E-state index in [-0.39, 0.29) is 16.1 Å². The number of sulfonamides is 1. The molecule has 0 aliphatic carbocycles. The van der Waals surface area contributed by atoms with Crippen LogP contribution >= 0.6 is 0 Å². The summed E-state index contributed by atoms with van der Waals surface area (Å²) in [6.07, 6.45) is 1.36. The van der Waals surface area contributed by atoms with Crippen molar-refractivity contribution in [1.82, 2.24) is 19.0 Å². The number of hydrogen-bond donors (Lipinski definition) is 1. The van der Waals surface area contributed by atoms with Crippen LogP contribution in [0.2, 0.25) is 0 Å². The summed E-state index contributed by atoms with van der Waals surface area (Å²) in [5, 5.41) is 6.87. The van der Waals surface area contributed by atoms with Crippen molar-refractivity contribution < 1.29 is 17.6 Å². The van der Waals surface area contributed by atoms with Crippen LogP contribution in [0.15, 0.2) is 59.6 Å². The lowest BCUT2D eigenvalue weighted by molar-refractivity contribution is 0.102. The molecule has 168 valence electrons. The molecule has 1 N–H and O–H groups in total. The Labute approximate surface area is 186 Å². The minimum atomic E-state index is -3.66. The zero-order valence-corrected chi connectivity index (χ0v) is 18.6. The van der Waals surface area contributed by atoms with Crippen LogP contribution in [0, 0.1) is 12.7 Å². The maximum atomic E-state index is 14.1. The van der Waals surface area contributed by atoms with Crippen LogP contribution < -0.4 is 5.32 Å². The second-order valence-electron chi connectivity index (χ2n) is 7.70. The lowest BCUT2D eigenvalue weighted by atomic mass is 10.2. The van der Waals surface area contributed by atoms with Gasteiger partial charge in [-0.15, -0.1) is 0 Å². The van der Waals surface area contributed by atoms with Crippen molar-refractivity contribution in [3.8, 4) is 5.69 Å². The van der Waals surface area contributed by atoms with Crippen LogP contribution in [-0.2, 0) is 10.0 Å². The zero-order valence-electron chi connectivity index (χ0n) is 17.8. The highest BCUT2D eigenvalue weighted by Crippen LogP contribution is 2.22. The summed E-state index contributed by atoms with van der Waals surface area (Å²) < 4.78 is 42.9. The van der Waals surface area contributed by atoms with Crippen LogP contribution in [0.5, 0.6) is 0 Å². The predicted molar refractivity (Wildman–Crippen MR) is 119 cm³/mol. The third-order valence-electron chi connectivity index (χ3n) is 5.53. The smallest absolute Gasteiger partial charge is 0.259 e. The summed E-state index contributed by atoms with van der Waals surface area (Å²) in [4.78, 5) is 15.0. The summed E-state index contributed by atoms with van der Waals surface area (Å²) in [6, 6.07) is 12.3. The minimum absolute atomic E-state index is 0.124. The Morgan fingerprint density at radius 1 is 1.06 bits per heavy atom. The van der Waals surface area contributed by atoms with Crippen molar-refractivity contribution in [2.45, 2.75) is 11.8 Å². The quantitative estimate of drug-likeness (QED) is 0.636. The fraction of sp³-hybridized carbons (Fsp3) is 0.273. The number of hydrogen-bond acceptors (Lipinski definition) is 5. The predicted octanol–water partition coefficient (Wildman–Crippen LogP) is 2.51. The molecule has 0 spiro atoms.